The van der Waals surface area contributed by atoms with Gasteiger partial charge in [-0.1, -0.05) is 31.2 Å². The summed E-state index contributed by atoms with van der Waals surface area (Å²) in [6.45, 7) is 4.69. The smallest absolute Gasteiger partial charge is 0.220 e. The molecule has 0 aliphatic carbocycles. The maximum atomic E-state index is 12.2. The monoisotopic (exact) mass is 352 g/mol. The van der Waals surface area contributed by atoms with Gasteiger partial charge in [0.1, 0.15) is 0 Å². The molecule has 1 saturated heterocycles. The summed E-state index contributed by atoms with van der Waals surface area (Å²) in [5, 5.41) is 6.30. The van der Waals surface area contributed by atoms with Gasteiger partial charge in [0.05, 0.1) is 5.75 Å². The molecule has 0 radical (unpaired) electrons. The number of carbonyl (C=O) groups excluding carboxylic acids is 1. The number of amides is 1. The van der Waals surface area contributed by atoms with Crippen molar-refractivity contribution in [1.82, 2.24) is 10.6 Å². The Kier molecular flexibility index (Phi) is 6.80. The van der Waals surface area contributed by atoms with E-state index in [1.807, 2.05) is 18.2 Å². The van der Waals surface area contributed by atoms with Gasteiger partial charge in [-0.3, -0.25) is 4.79 Å². The Morgan fingerprint density at radius 1 is 1.29 bits per heavy atom. The van der Waals surface area contributed by atoms with Crippen LogP contribution in [-0.2, 0) is 26.9 Å². The third-order valence-corrected chi connectivity index (χ3v) is 5.46. The van der Waals surface area contributed by atoms with Crippen molar-refractivity contribution in [3.63, 3.8) is 0 Å². The number of benzene rings is 1. The lowest BCUT2D eigenvalue weighted by Crippen LogP contribution is -2.33. The molecule has 0 spiro atoms. The molecule has 1 aliphatic rings. The van der Waals surface area contributed by atoms with Crippen molar-refractivity contribution in [1.29, 1.82) is 0 Å². The summed E-state index contributed by atoms with van der Waals surface area (Å²) in [7, 11) is -3.05. The van der Waals surface area contributed by atoms with Crippen LogP contribution in [0.25, 0.3) is 0 Å². The van der Waals surface area contributed by atoms with E-state index in [0.29, 0.717) is 24.8 Å². The number of hydrogen-bond donors (Lipinski definition) is 2. The SMILES string of the molecule is CC(CC(=O)NCc1cccc(CS(C)(=O)=O)c1)C1CCNCC1. The van der Waals surface area contributed by atoms with E-state index in [0.717, 1.165) is 37.1 Å². The summed E-state index contributed by atoms with van der Waals surface area (Å²) in [5.41, 5.74) is 1.69. The molecule has 1 aromatic rings. The van der Waals surface area contributed by atoms with E-state index in [-0.39, 0.29) is 11.7 Å². The summed E-state index contributed by atoms with van der Waals surface area (Å²) in [5.74, 6) is 1.11. The van der Waals surface area contributed by atoms with Crippen molar-refractivity contribution in [3.8, 4) is 0 Å². The third-order valence-electron chi connectivity index (χ3n) is 4.61. The van der Waals surface area contributed by atoms with Crippen molar-refractivity contribution in [2.24, 2.45) is 11.8 Å². The molecule has 1 fully saturated rings. The predicted octanol–water partition coefficient (Wildman–Crippen LogP) is 1.87. The minimum Gasteiger partial charge on any atom is -0.352 e. The van der Waals surface area contributed by atoms with E-state index < -0.39 is 9.84 Å². The quantitative estimate of drug-likeness (QED) is 0.786. The molecule has 1 unspecified atom stereocenters. The Labute approximate surface area is 145 Å². The Morgan fingerprint density at radius 2 is 1.96 bits per heavy atom. The van der Waals surface area contributed by atoms with Gasteiger partial charge in [-0.15, -0.1) is 0 Å². The van der Waals surface area contributed by atoms with Gasteiger partial charge in [-0.05, 0) is 48.9 Å². The maximum absolute atomic E-state index is 12.2. The third kappa shape index (κ3) is 6.61. The lowest BCUT2D eigenvalue weighted by Gasteiger charge is -2.27. The molecule has 2 rings (SSSR count). The van der Waals surface area contributed by atoms with Crippen molar-refractivity contribution in [2.75, 3.05) is 19.3 Å². The van der Waals surface area contributed by atoms with E-state index in [1.165, 1.54) is 6.26 Å². The number of sulfone groups is 1. The zero-order valence-electron chi connectivity index (χ0n) is 14.5. The van der Waals surface area contributed by atoms with Crippen LogP contribution in [0.2, 0.25) is 0 Å². The Bertz CT molecular complexity index is 652. The highest BCUT2D eigenvalue weighted by atomic mass is 32.2. The molecular weight excluding hydrogens is 324 g/mol. The fourth-order valence-corrected chi connectivity index (χ4v) is 4.06. The van der Waals surface area contributed by atoms with Gasteiger partial charge in [-0.25, -0.2) is 8.42 Å². The van der Waals surface area contributed by atoms with Crippen LogP contribution in [0.1, 0.15) is 37.3 Å². The zero-order valence-corrected chi connectivity index (χ0v) is 15.4. The van der Waals surface area contributed by atoms with Gasteiger partial charge in [0, 0.05) is 19.2 Å². The highest BCUT2D eigenvalue weighted by Crippen LogP contribution is 2.24. The van der Waals surface area contributed by atoms with Crippen LogP contribution in [-0.4, -0.2) is 33.7 Å². The van der Waals surface area contributed by atoms with E-state index in [9.17, 15) is 13.2 Å². The first kappa shape index (κ1) is 18.9. The van der Waals surface area contributed by atoms with E-state index in [4.69, 9.17) is 0 Å². The summed E-state index contributed by atoms with van der Waals surface area (Å²) >= 11 is 0. The molecule has 24 heavy (non-hydrogen) atoms. The van der Waals surface area contributed by atoms with Gasteiger partial charge in [0.15, 0.2) is 9.84 Å². The second-order valence-electron chi connectivity index (χ2n) is 6.94. The minimum atomic E-state index is -3.05. The largest absolute Gasteiger partial charge is 0.352 e. The van der Waals surface area contributed by atoms with Crippen LogP contribution in [0.5, 0.6) is 0 Å². The van der Waals surface area contributed by atoms with Crippen LogP contribution in [0, 0.1) is 11.8 Å². The number of piperidine rings is 1. The highest BCUT2D eigenvalue weighted by molar-refractivity contribution is 7.89. The van der Waals surface area contributed by atoms with Crippen LogP contribution in [0.3, 0.4) is 0 Å². The molecule has 1 aliphatic heterocycles. The predicted molar refractivity (Wildman–Crippen MR) is 96.2 cm³/mol. The van der Waals surface area contributed by atoms with E-state index in [1.54, 1.807) is 6.07 Å². The Hall–Kier alpha value is -1.40. The van der Waals surface area contributed by atoms with Crippen molar-refractivity contribution in [3.05, 3.63) is 35.4 Å². The van der Waals surface area contributed by atoms with E-state index in [2.05, 4.69) is 17.6 Å². The van der Waals surface area contributed by atoms with E-state index >= 15 is 0 Å². The molecule has 1 amide bonds. The number of carbonyl (C=O) groups is 1. The Balaban J connectivity index is 1.81. The first-order chi connectivity index (χ1) is 11.3. The average Bonchev–Trinajstić information content (AvgIpc) is 2.52. The first-order valence-corrected chi connectivity index (χ1v) is 10.6. The van der Waals surface area contributed by atoms with Gasteiger partial charge < -0.3 is 10.6 Å². The highest BCUT2D eigenvalue weighted by Gasteiger charge is 2.21. The van der Waals surface area contributed by atoms with Crippen molar-refractivity contribution < 1.29 is 13.2 Å². The molecule has 1 heterocycles. The standard InChI is InChI=1S/C18H28N2O3S/c1-14(17-6-8-19-9-7-17)10-18(21)20-12-15-4-3-5-16(11-15)13-24(2,22)23/h3-5,11,14,17,19H,6-10,12-13H2,1-2H3,(H,20,21). The molecule has 0 bridgehead atoms. The summed E-state index contributed by atoms with van der Waals surface area (Å²) in [6.07, 6.45) is 4.06. The normalized spacial score (nSPS) is 17.4. The summed E-state index contributed by atoms with van der Waals surface area (Å²) < 4.78 is 22.8. The molecule has 1 atom stereocenters. The molecule has 134 valence electrons. The molecule has 2 N–H and O–H groups in total. The summed E-state index contributed by atoms with van der Waals surface area (Å²) in [4.78, 5) is 12.2. The fourth-order valence-electron chi connectivity index (χ4n) is 3.28. The minimum absolute atomic E-state index is 0.0293. The molecule has 6 heteroatoms. The second-order valence-corrected chi connectivity index (χ2v) is 9.08. The van der Waals surface area contributed by atoms with Crippen molar-refractivity contribution >= 4 is 15.7 Å². The van der Waals surface area contributed by atoms with Gasteiger partial charge in [0.2, 0.25) is 5.91 Å². The molecule has 5 nitrogen and oxygen atoms in total. The van der Waals surface area contributed by atoms with Gasteiger partial charge in [0.25, 0.3) is 0 Å². The topological polar surface area (TPSA) is 75.3 Å². The molecule has 0 saturated carbocycles. The first-order valence-electron chi connectivity index (χ1n) is 8.56. The number of rotatable bonds is 7. The van der Waals surface area contributed by atoms with Gasteiger partial charge in [-0.2, -0.15) is 0 Å². The van der Waals surface area contributed by atoms with Gasteiger partial charge >= 0.3 is 0 Å². The Morgan fingerprint density at radius 3 is 2.62 bits per heavy atom. The van der Waals surface area contributed by atoms with Crippen LogP contribution in [0.4, 0.5) is 0 Å². The zero-order chi connectivity index (χ0) is 17.6. The van der Waals surface area contributed by atoms with Crippen molar-refractivity contribution in [2.45, 2.75) is 38.5 Å². The summed E-state index contributed by atoms with van der Waals surface area (Å²) in [6, 6.07) is 7.38. The molecular formula is C18H28N2O3S. The average molecular weight is 353 g/mol. The maximum Gasteiger partial charge on any atom is 0.220 e. The lowest BCUT2D eigenvalue weighted by molar-refractivity contribution is -0.122. The number of hydrogen-bond acceptors (Lipinski definition) is 4. The lowest BCUT2D eigenvalue weighted by atomic mass is 9.84. The molecule has 1 aromatic carbocycles. The fraction of sp³-hybridized carbons (Fsp3) is 0.611. The molecule has 0 aromatic heterocycles. The van der Waals surface area contributed by atoms with Crippen LogP contribution in [0.15, 0.2) is 24.3 Å². The second kappa shape index (κ2) is 8.62. The van der Waals surface area contributed by atoms with Crippen LogP contribution < -0.4 is 10.6 Å². The van der Waals surface area contributed by atoms with Crippen LogP contribution >= 0.6 is 0 Å². The number of nitrogens with one attached hydrogen (secondary N) is 2.